The minimum Gasteiger partial charge on any atom is -0.768 e. The average molecular weight is 221 g/mol. The van der Waals surface area contributed by atoms with Gasteiger partial charge in [0.25, 0.3) is 0 Å². The maximum Gasteiger partial charge on any atom is 0.0679 e. The van der Waals surface area contributed by atoms with Gasteiger partial charge in [0.05, 0.1) is 5.69 Å². The maximum absolute atomic E-state index is 10.8. The molecule has 0 radical (unpaired) electrons. The Labute approximate surface area is 89.8 Å². The SMILES string of the molecule is Cn1nccc1-c1cccc(S(=O)[O-])c1. The van der Waals surface area contributed by atoms with Crippen molar-refractivity contribution < 1.29 is 8.76 Å². The molecule has 4 nitrogen and oxygen atoms in total. The van der Waals surface area contributed by atoms with Crippen LogP contribution < -0.4 is 0 Å². The Hall–Kier alpha value is -1.46. The summed E-state index contributed by atoms with van der Waals surface area (Å²) in [6, 6.07) is 8.59. The molecule has 1 atom stereocenters. The van der Waals surface area contributed by atoms with E-state index in [-0.39, 0.29) is 4.90 Å². The fraction of sp³-hybridized carbons (Fsp3) is 0.100. The summed E-state index contributed by atoms with van der Waals surface area (Å²) in [5.41, 5.74) is 1.74. The standard InChI is InChI=1S/C10H10N2O2S/c1-12-10(5-6-11-12)8-3-2-4-9(7-8)15(13)14/h2-7H,1H3,(H,13,14)/p-1. The fourth-order valence-corrected chi connectivity index (χ4v) is 1.83. The highest BCUT2D eigenvalue weighted by Crippen LogP contribution is 2.20. The molecular formula is C10H9N2O2S-. The highest BCUT2D eigenvalue weighted by molar-refractivity contribution is 7.79. The van der Waals surface area contributed by atoms with Crippen molar-refractivity contribution in [1.82, 2.24) is 9.78 Å². The van der Waals surface area contributed by atoms with Gasteiger partial charge in [0.1, 0.15) is 0 Å². The Morgan fingerprint density at radius 1 is 1.40 bits per heavy atom. The van der Waals surface area contributed by atoms with E-state index < -0.39 is 11.1 Å². The number of rotatable bonds is 2. The number of benzene rings is 1. The van der Waals surface area contributed by atoms with Gasteiger partial charge in [-0.05, 0) is 29.3 Å². The van der Waals surface area contributed by atoms with Gasteiger partial charge in [0.2, 0.25) is 0 Å². The zero-order chi connectivity index (χ0) is 10.8. The molecule has 0 spiro atoms. The summed E-state index contributed by atoms with van der Waals surface area (Å²) in [5.74, 6) is 0. The summed E-state index contributed by atoms with van der Waals surface area (Å²) < 4.78 is 23.3. The van der Waals surface area contributed by atoms with Crippen molar-refractivity contribution in [2.75, 3.05) is 0 Å². The number of hydrogen-bond donors (Lipinski definition) is 0. The third-order valence-electron chi connectivity index (χ3n) is 2.14. The first-order chi connectivity index (χ1) is 7.18. The lowest BCUT2D eigenvalue weighted by Gasteiger charge is -2.07. The largest absolute Gasteiger partial charge is 0.768 e. The van der Waals surface area contributed by atoms with Crippen molar-refractivity contribution in [3.05, 3.63) is 36.5 Å². The quantitative estimate of drug-likeness (QED) is 0.719. The van der Waals surface area contributed by atoms with Gasteiger partial charge in [-0.2, -0.15) is 5.10 Å². The highest BCUT2D eigenvalue weighted by Gasteiger charge is 2.02. The van der Waals surface area contributed by atoms with E-state index in [4.69, 9.17) is 0 Å². The van der Waals surface area contributed by atoms with Crippen molar-refractivity contribution in [3.8, 4) is 11.3 Å². The van der Waals surface area contributed by atoms with Gasteiger partial charge in [-0.1, -0.05) is 12.1 Å². The molecular weight excluding hydrogens is 212 g/mol. The Morgan fingerprint density at radius 3 is 2.80 bits per heavy atom. The van der Waals surface area contributed by atoms with Crippen LogP contribution in [0.15, 0.2) is 41.4 Å². The Morgan fingerprint density at radius 2 is 2.20 bits per heavy atom. The monoisotopic (exact) mass is 221 g/mol. The van der Waals surface area contributed by atoms with Crippen LogP contribution in [0.4, 0.5) is 0 Å². The molecule has 1 aromatic carbocycles. The Kier molecular flexibility index (Phi) is 2.66. The van der Waals surface area contributed by atoms with E-state index in [1.165, 1.54) is 0 Å². The van der Waals surface area contributed by atoms with Gasteiger partial charge in [-0.25, -0.2) is 0 Å². The molecule has 0 aliphatic carbocycles. The molecule has 2 rings (SSSR count). The molecule has 2 aromatic rings. The molecule has 0 saturated carbocycles. The maximum atomic E-state index is 10.8. The molecule has 0 fully saturated rings. The molecule has 0 amide bonds. The van der Waals surface area contributed by atoms with Crippen LogP contribution in [0.25, 0.3) is 11.3 Å². The van der Waals surface area contributed by atoms with Crippen molar-refractivity contribution >= 4 is 11.1 Å². The molecule has 0 bridgehead atoms. The van der Waals surface area contributed by atoms with Crippen molar-refractivity contribution in [2.24, 2.45) is 7.05 Å². The van der Waals surface area contributed by atoms with Gasteiger partial charge in [0, 0.05) is 23.7 Å². The first kappa shape index (κ1) is 10.1. The van der Waals surface area contributed by atoms with E-state index in [2.05, 4.69) is 5.10 Å². The third kappa shape index (κ3) is 1.98. The number of aryl methyl sites for hydroxylation is 1. The average Bonchev–Trinajstić information content (AvgIpc) is 2.64. The molecule has 0 saturated heterocycles. The van der Waals surface area contributed by atoms with Crippen LogP contribution >= 0.6 is 0 Å². The number of aromatic nitrogens is 2. The van der Waals surface area contributed by atoms with E-state index in [0.717, 1.165) is 11.3 Å². The summed E-state index contributed by atoms with van der Waals surface area (Å²) in [4.78, 5) is 0.286. The Balaban J connectivity index is 2.50. The minimum atomic E-state index is -2.19. The third-order valence-corrected chi connectivity index (χ3v) is 2.78. The summed E-state index contributed by atoms with van der Waals surface area (Å²) in [5, 5.41) is 4.03. The minimum absolute atomic E-state index is 0.286. The lowest BCUT2D eigenvalue weighted by Crippen LogP contribution is -1.94. The van der Waals surface area contributed by atoms with Crippen LogP contribution in [0.1, 0.15) is 0 Å². The molecule has 78 valence electrons. The lowest BCUT2D eigenvalue weighted by molar-refractivity contribution is 0.537. The van der Waals surface area contributed by atoms with E-state index in [0.29, 0.717) is 0 Å². The first-order valence-corrected chi connectivity index (χ1v) is 5.43. The second kappa shape index (κ2) is 3.96. The summed E-state index contributed by atoms with van der Waals surface area (Å²) in [7, 11) is 1.82. The zero-order valence-corrected chi connectivity index (χ0v) is 8.90. The van der Waals surface area contributed by atoms with Gasteiger partial charge in [-0.15, -0.1) is 0 Å². The molecule has 1 heterocycles. The van der Waals surface area contributed by atoms with Gasteiger partial charge < -0.3 is 4.55 Å². The van der Waals surface area contributed by atoms with Crippen LogP contribution in [0.2, 0.25) is 0 Å². The highest BCUT2D eigenvalue weighted by atomic mass is 32.2. The van der Waals surface area contributed by atoms with E-state index in [9.17, 15) is 8.76 Å². The summed E-state index contributed by atoms with van der Waals surface area (Å²) >= 11 is -2.19. The van der Waals surface area contributed by atoms with Crippen LogP contribution in [-0.2, 0) is 18.1 Å². The van der Waals surface area contributed by atoms with Gasteiger partial charge in [0.15, 0.2) is 0 Å². The molecule has 1 unspecified atom stereocenters. The summed E-state index contributed by atoms with van der Waals surface area (Å²) in [6.07, 6.45) is 1.68. The molecule has 0 aliphatic rings. The lowest BCUT2D eigenvalue weighted by atomic mass is 10.1. The molecule has 0 aliphatic heterocycles. The van der Waals surface area contributed by atoms with E-state index in [1.807, 2.05) is 19.2 Å². The van der Waals surface area contributed by atoms with Crippen LogP contribution in [0, 0.1) is 0 Å². The second-order valence-electron chi connectivity index (χ2n) is 3.10. The van der Waals surface area contributed by atoms with E-state index in [1.54, 1.807) is 29.1 Å². The molecule has 1 aromatic heterocycles. The second-order valence-corrected chi connectivity index (χ2v) is 4.04. The Bertz CT molecular complexity index is 508. The zero-order valence-electron chi connectivity index (χ0n) is 8.08. The van der Waals surface area contributed by atoms with Crippen LogP contribution in [0.5, 0.6) is 0 Å². The number of nitrogens with zero attached hydrogens (tertiary/aromatic N) is 2. The molecule has 5 heteroatoms. The molecule has 15 heavy (non-hydrogen) atoms. The van der Waals surface area contributed by atoms with Crippen LogP contribution in [-0.4, -0.2) is 18.5 Å². The number of hydrogen-bond acceptors (Lipinski definition) is 3. The first-order valence-electron chi connectivity index (χ1n) is 4.36. The predicted octanol–water partition coefficient (Wildman–Crippen LogP) is 1.33. The predicted molar refractivity (Wildman–Crippen MR) is 55.8 cm³/mol. The van der Waals surface area contributed by atoms with Crippen molar-refractivity contribution in [3.63, 3.8) is 0 Å². The summed E-state index contributed by atoms with van der Waals surface area (Å²) in [6.45, 7) is 0. The van der Waals surface area contributed by atoms with Gasteiger partial charge in [-0.3, -0.25) is 8.89 Å². The van der Waals surface area contributed by atoms with Gasteiger partial charge >= 0.3 is 0 Å². The normalized spacial score (nSPS) is 12.7. The van der Waals surface area contributed by atoms with E-state index >= 15 is 0 Å². The fourth-order valence-electron chi connectivity index (χ4n) is 1.42. The molecule has 0 N–H and O–H groups in total. The van der Waals surface area contributed by atoms with Crippen LogP contribution in [0.3, 0.4) is 0 Å². The van der Waals surface area contributed by atoms with Crippen molar-refractivity contribution in [1.29, 1.82) is 0 Å². The van der Waals surface area contributed by atoms with Crippen molar-refractivity contribution in [2.45, 2.75) is 4.90 Å². The smallest absolute Gasteiger partial charge is 0.0679 e. The topological polar surface area (TPSA) is 58.0 Å².